The summed E-state index contributed by atoms with van der Waals surface area (Å²) in [6.45, 7) is 6.47. The second-order valence-electron chi connectivity index (χ2n) is 8.53. The molecule has 0 radical (unpaired) electrons. The zero-order valence-corrected chi connectivity index (χ0v) is 17.1. The molecule has 2 heterocycles. The molecule has 146 valence electrons. The molecule has 1 aliphatic heterocycles. The molecule has 5 heteroatoms. The molecule has 1 aromatic heterocycles. The first-order valence-electron chi connectivity index (χ1n) is 10.5. The third-order valence-electron chi connectivity index (χ3n) is 5.95. The van der Waals surface area contributed by atoms with Gasteiger partial charge in [0.1, 0.15) is 11.6 Å². The molecule has 2 fully saturated rings. The zero-order chi connectivity index (χ0) is 18.8. The number of aryl methyl sites for hydroxylation is 1. The van der Waals surface area contributed by atoms with Gasteiger partial charge in [0, 0.05) is 18.5 Å². The van der Waals surface area contributed by atoms with Gasteiger partial charge in [-0.2, -0.15) is 0 Å². The summed E-state index contributed by atoms with van der Waals surface area (Å²) in [5.41, 5.74) is 2.85. The summed E-state index contributed by atoms with van der Waals surface area (Å²) in [7, 11) is 4.22. The summed E-state index contributed by atoms with van der Waals surface area (Å²) in [6, 6.07) is 9.78. The third-order valence-corrected chi connectivity index (χ3v) is 5.95. The highest BCUT2D eigenvalue weighted by Crippen LogP contribution is 2.40. The number of likely N-dealkylation sites (tertiary alicyclic amines) is 1. The largest absolute Gasteiger partial charge is 0.311 e. The van der Waals surface area contributed by atoms with Crippen molar-refractivity contribution in [3.05, 3.63) is 47.0 Å². The van der Waals surface area contributed by atoms with Crippen LogP contribution < -0.4 is 0 Å². The number of hydrogen-bond acceptors (Lipinski definition) is 4. The van der Waals surface area contributed by atoms with Gasteiger partial charge in [0.2, 0.25) is 0 Å². The van der Waals surface area contributed by atoms with Crippen LogP contribution in [0, 0.1) is 0 Å². The minimum Gasteiger partial charge on any atom is -0.311 e. The van der Waals surface area contributed by atoms with E-state index in [1.54, 1.807) is 0 Å². The smallest absolute Gasteiger partial charge is 0.147 e. The van der Waals surface area contributed by atoms with Gasteiger partial charge in [0.05, 0.1) is 6.54 Å². The summed E-state index contributed by atoms with van der Waals surface area (Å²) in [4.78, 5) is 4.79. The Labute approximate surface area is 163 Å². The molecule has 0 amide bonds. The lowest BCUT2D eigenvalue weighted by atomic mass is 9.95. The van der Waals surface area contributed by atoms with E-state index in [9.17, 15) is 0 Å². The first kappa shape index (κ1) is 18.6. The van der Waals surface area contributed by atoms with Crippen molar-refractivity contribution in [1.82, 2.24) is 24.6 Å². The Morgan fingerprint density at radius 3 is 2.22 bits per heavy atom. The lowest BCUT2D eigenvalue weighted by molar-refractivity contribution is 0.199. The number of nitrogens with zero attached hydrogens (tertiary/aromatic N) is 5. The van der Waals surface area contributed by atoms with Gasteiger partial charge in [-0.05, 0) is 70.4 Å². The number of rotatable bonds is 7. The van der Waals surface area contributed by atoms with Gasteiger partial charge < -0.3 is 9.47 Å². The topological polar surface area (TPSA) is 37.2 Å². The van der Waals surface area contributed by atoms with Crippen LogP contribution in [0.5, 0.6) is 0 Å². The van der Waals surface area contributed by atoms with Crippen molar-refractivity contribution in [1.29, 1.82) is 0 Å². The van der Waals surface area contributed by atoms with Crippen molar-refractivity contribution in [3.63, 3.8) is 0 Å². The molecular weight excluding hydrogens is 334 g/mol. The van der Waals surface area contributed by atoms with Crippen molar-refractivity contribution >= 4 is 0 Å². The van der Waals surface area contributed by atoms with Crippen LogP contribution in [0.4, 0.5) is 0 Å². The fraction of sp³-hybridized carbons (Fsp3) is 0.636. The second kappa shape index (κ2) is 8.11. The van der Waals surface area contributed by atoms with E-state index < -0.39 is 0 Å². The lowest BCUT2D eigenvalue weighted by Crippen LogP contribution is -2.33. The van der Waals surface area contributed by atoms with Crippen LogP contribution in [0.3, 0.4) is 0 Å². The van der Waals surface area contributed by atoms with Crippen LogP contribution in [0.2, 0.25) is 0 Å². The van der Waals surface area contributed by atoms with Gasteiger partial charge in [-0.15, -0.1) is 10.2 Å². The molecule has 0 N–H and O–H groups in total. The van der Waals surface area contributed by atoms with Gasteiger partial charge >= 0.3 is 0 Å². The molecule has 2 aliphatic rings. The maximum Gasteiger partial charge on any atom is 0.147 e. The molecule has 0 atom stereocenters. The van der Waals surface area contributed by atoms with Crippen molar-refractivity contribution in [3.8, 4) is 0 Å². The minimum absolute atomic E-state index is 0.563. The minimum atomic E-state index is 0.563. The standard InChI is InChI=1S/C22H33N5/c1-4-17-5-7-18(8-6-17)15-26-13-11-19(12-14-26)22-24-23-21(16-25(2)3)27(22)20-9-10-20/h5-8,19-20H,4,9-16H2,1-3H3. The van der Waals surface area contributed by atoms with Crippen LogP contribution in [-0.2, 0) is 19.5 Å². The van der Waals surface area contributed by atoms with Crippen molar-refractivity contribution in [2.75, 3.05) is 27.2 Å². The molecule has 1 saturated heterocycles. The normalized spacial score (nSPS) is 19.1. The highest BCUT2D eigenvalue weighted by atomic mass is 15.3. The summed E-state index contributed by atoms with van der Waals surface area (Å²) < 4.78 is 2.48. The van der Waals surface area contributed by atoms with Gasteiger partial charge in [0.15, 0.2) is 0 Å². The monoisotopic (exact) mass is 367 g/mol. The molecule has 0 spiro atoms. The van der Waals surface area contributed by atoms with Crippen molar-refractivity contribution < 1.29 is 0 Å². The van der Waals surface area contributed by atoms with E-state index in [-0.39, 0.29) is 0 Å². The molecule has 0 bridgehead atoms. The Kier molecular flexibility index (Phi) is 5.60. The van der Waals surface area contributed by atoms with Gasteiger partial charge in [-0.1, -0.05) is 31.2 Å². The predicted molar refractivity (Wildman–Crippen MR) is 109 cm³/mol. The molecule has 4 rings (SSSR count). The molecule has 2 aromatic rings. The SMILES string of the molecule is CCc1ccc(CN2CCC(c3nnc(CN(C)C)n3C3CC3)CC2)cc1. The Morgan fingerprint density at radius 1 is 0.963 bits per heavy atom. The molecule has 27 heavy (non-hydrogen) atoms. The van der Waals surface area contributed by atoms with E-state index in [4.69, 9.17) is 0 Å². The molecular formula is C22H33N5. The van der Waals surface area contributed by atoms with E-state index in [1.807, 2.05) is 0 Å². The first-order valence-corrected chi connectivity index (χ1v) is 10.5. The van der Waals surface area contributed by atoms with E-state index in [2.05, 4.69) is 69.8 Å². The third kappa shape index (κ3) is 4.41. The van der Waals surface area contributed by atoms with E-state index in [0.29, 0.717) is 12.0 Å². The Morgan fingerprint density at radius 2 is 1.63 bits per heavy atom. The Bertz CT molecular complexity index is 737. The average molecular weight is 368 g/mol. The molecule has 1 aromatic carbocycles. The Hall–Kier alpha value is -1.72. The lowest BCUT2D eigenvalue weighted by Gasteiger charge is -2.31. The van der Waals surface area contributed by atoms with Crippen LogP contribution in [0.1, 0.15) is 67.3 Å². The number of benzene rings is 1. The van der Waals surface area contributed by atoms with Crippen LogP contribution >= 0.6 is 0 Å². The first-order chi connectivity index (χ1) is 13.1. The van der Waals surface area contributed by atoms with Crippen molar-refractivity contribution in [2.45, 2.75) is 64.1 Å². The summed E-state index contributed by atoms with van der Waals surface area (Å²) in [5, 5.41) is 9.20. The van der Waals surface area contributed by atoms with E-state index in [1.165, 1.54) is 42.6 Å². The predicted octanol–water partition coefficient (Wildman–Crippen LogP) is 3.62. The number of aromatic nitrogens is 3. The van der Waals surface area contributed by atoms with Gasteiger partial charge in [0.25, 0.3) is 0 Å². The van der Waals surface area contributed by atoms with Crippen LogP contribution in [0.25, 0.3) is 0 Å². The van der Waals surface area contributed by atoms with Crippen LogP contribution in [0.15, 0.2) is 24.3 Å². The van der Waals surface area contributed by atoms with Gasteiger partial charge in [-0.3, -0.25) is 4.90 Å². The van der Waals surface area contributed by atoms with Gasteiger partial charge in [-0.25, -0.2) is 0 Å². The van der Waals surface area contributed by atoms with Crippen LogP contribution in [-0.4, -0.2) is 51.7 Å². The zero-order valence-electron chi connectivity index (χ0n) is 17.1. The number of hydrogen-bond donors (Lipinski definition) is 0. The molecule has 0 unspecified atom stereocenters. The Balaban J connectivity index is 1.38. The summed E-state index contributed by atoms with van der Waals surface area (Å²) >= 11 is 0. The highest BCUT2D eigenvalue weighted by molar-refractivity contribution is 5.22. The summed E-state index contributed by atoms with van der Waals surface area (Å²) in [5.74, 6) is 2.96. The molecule has 1 aliphatic carbocycles. The second-order valence-corrected chi connectivity index (χ2v) is 8.53. The summed E-state index contributed by atoms with van der Waals surface area (Å²) in [6.07, 6.45) is 6.08. The fourth-order valence-corrected chi connectivity index (χ4v) is 4.22. The quantitative estimate of drug-likeness (QED) is 0.749. The van der Waals surface area contributed by atoms with E-state index >= 15 is 0 Å². The number of piperidine rings is 1. The molecule has 5 nitrogen and oxygen atoms in total. The van der Waals surface area contributed by atoms with E-state index in [0.717, 1.165) is 38.4 Å². The van der Waals surface area contributed by atoms with Crippen molar-refractivity contribution in [2.24, 2.45) is 0 Å². The molecule has 1 saturated carbocycles. The maximum absolute atomic E-state index is 4.65. The highest BCUT2D eigenvalue weighted by Gasteiger charge is 2.33. The average Bonchev–Trinajstić information content (AvgIpc) is 3.43. The maximum atomic E-state index is 4.65. The fourth-order valence-electron chi connectivity index (χ4n) is 4.22.